The van der Waals surface area contributed by atoms with Gasteiger partial charge in [-0.3, -0.25) is 9.59 Å². The van der Waals surface area contributed by atoms with Crippen LogP contribution in [-0.4, -0.2) is 31.1 Å². The molecule has 1 unspecified atom stereocenters. The second-order valence-electron chi connectivity index (χ2n) is 6.72. The van der Waals surface area contributed by atoms with Crippen LogP contribution in [0.3, 0.4) is 0 Å². The van der Waals surface area contributed by atoms with Gasteiger partial charge in [0.05, 0.1) is 13.0 Å². The zero-order valence-electron chi connectivity index (χ0n) is 15.8. The van der Waals surface area contributed by atoms with Crippen LogP contribution in [-0.2, 0) is 20.7 Å². The summed E-state index contributed by atoms with van der Waals surface area (Å²) in [6, 6.07) is 15.5. The minimum absolute atomic E-state index is 0.0997. The molecule has 0 N–H and O–H groups in total. The molecule has 5 nitrogen and oxygen atoms in total. The number of anilines is 1. The lowest BCUT2D eigenvalue weighted by Gasteiger charge is -2.31. The lowest BCUT2D eigenvalue weighted by atomic mass is 10.0. The first-order valence-corrected chi connectivity index (χ1v) is 9.33. The molecule has 0 radical (unpaired) electrons. The maximum atomic E-state index is 12.8. The van der Waals surface area contributed by atoms with Gasteiger partial charge in [-0.2, -0.15) is 0 Å². The quantitative estimate of drug-likeness (QED) is 0.731. The minimum Gasteiger partial charge on any atom is -0.493 e. The maximum absolute atomic E-state index is 12.8. The number of para-hydroxylation sites is 2. The molecule has 0 aromatic heterocycles. The molecule has 1 aliphatic heterocycles. The molecule has 0 aliphatic carbocycles. The van der Waals surface area contributed by atoms with E-state index in [0.717, 1.165) is 35.4 Å². The molecule has 2 aromatic carbocycles. The number of carbonyl (C=O) groups excluding carboxylic acids is 2. The van der Waals surface area contributed by atoms with Crippen LogP contribution >= 0.6 is 0 Å². The fraction of sp³-hybridized carbons (Fsp3) is 0.364. The number of hydrogen-bond acceptors (Lipinski definition) is 4. The van der Waals surface area contributed by atoms with Crippen molar-refractivity contribution in [2.45, 2.75) is 39.2 Å². The van der Waals surface area contributed by atoms with E-state index in [2.05, 4.69) is 0 Å². The third kappa shape index (κ3) is 4.67. The first-order valence-electron chi connectivity index (χ1n) is 9.33. The summed E-state index contributed by atoms with van der Waals surface area (Å²) in [5.41, 5.74) is 3.08. The van der Waals surface area contributed by atoms with E-state index in [1.807, 2.05) is 55.5 Å². The Morgan fingerprint density at radius 3 is 2.67 bits per heavy atom. The van der Waals surface area contributed by atoms with Crippen LogP contribution in [0.25, 0.3) is 0 Å². The summed E-state index contributed by atoms with van der Waals surface area (Å²) in [5.74, 6) is 0.129. The third-order valence-corrected chi connectivity index (χ3v) is 4.69. The van der Waals surface area contributed by atoms with E-state index in [-0.39, 0.29) is 18.9 Å². The summed E-state index contributed by atoms with van der Waals surface area (Å²) in [4.78, 5) is 26.6. The summed E-state index contributed by atoms with van der Waals surface area (Å²) in [5, 5.41) is 0. The van der Waals surface area contributed by atoms with Crippen molar-refractivity contribution in [2.75, 3.05) is 18.1 Å². The highest BCUT2D eigenvalue weighted by Gasteiger charge is 2.28. The van der Waals surface area contributed by atoms with E-state index >= 15 is 0 Å². The van der Waals surface area contributed by atoms with Gasteiger partial charge < -0.3 is 14.4 Å². The van der Waals surface area contributed by atoms with Crippen molar-refractivity contribution in [3.63, 3.8) is 0 Å². The number of fused-ring (bicyclic) bond motifs is 1. The van der Waals surface area contributed by atoms with Crippen molar-refractivity contribution in [3.05, 3.63) is 59.7 Å². The largest absolute Gasteiger partial charge is 0.493 e. The number of benzene rings is 2. The van der Waals surface area contributed by atoms with Crippen LogP contribution in [0.4, 0.5) is 5.69 Å². The first kappa shape index (κ1) is 19.0. The third-order valence-electron chi connectivity index (χ3n) is 4.69. The Kier molecular flexibility index (Phi) is 6.12. The minimum atomic E-state index is -0.817. The van der Waals surface area contributed by atoms with Gasteiger partial charge in [0.25, 0.3) is 5.91 Å². The molecule has 0 bridgehead atoms. The SMILES string of the molecule is Cc1ccccc1OCCC(=O)OC(C)C(=O)N1CCCc2ccccc21. The number of rotatable bonds is 6. The standard InChI is InChI=1S/C22H25NO4/c1-16-8-3-6-12-20(16)26-15-13-21(24)27-17(2)22(25)23-14-7-10-18-9-4-5-11-19(18)23/h3-6,8-9,11-12,17H,7,10,13-15H2,1-2H3. The fourth-order valence-corrected chi connectivity index (χ4v) is 3.25. The summed E-state index contributed by atoms with van der Waals surface area (Å²) < 4.78 is 11.0. The molecule has 1 amide bonds. The van der Waals surface area contributed by atoms with Crippen molar-refractivity contribution >= 4 is 17.6 Å². The summed E-state index contributed by atoms with van der Waals surface area (Å²) in [7, 11) is 0. The lowest BCUT2D eigenvalue weighted by molar-refractivity contribution is -0.154. The fourth-order valence-electron chi connectivity index (χ4n) is 3.25. The number of nitrogens with zero attached hydrogens (tertiary/aromatic N) is 1. The van der Waals surface area contributed by atoms with E-state index in [1.54, 1.807) is 11.8 Å². The highest BCUT2D eigenvalue weighted by atomic mass is 16.6. The Labute approximate surface area is 159 Å². The van der Waals surface area contributed by atoms with Gasteiger partial charge in [0.2, 0.25) is 0 Å². The van der Waals surface area contributed by atoms with E-state index < -0.39 is 12.1 Å². The Hall–Kier alpha value is -2.82. The summed E-state index contributed by atoms with van der Waals surface area (Å²) in [6.45, 7) is 4.44. The highest BCUT2D eigenvalue weighted by molar-refractivity contribution is 5.98. The van der Waals surface area contributed by atoms with Crippen LogP contribution in [0.2, 0.25) is 0 Å². The molecule has 0 saturated carbocycles. The smallest absolute Gasteiger partial charge is 0.310 e. The van der Waals surface area contributed by atoms with Crippen LogP contribution in [0.5, 0.6) is 5.75 Å². The molecule has 1 atom stereocenters. The van der Waals surface area contributed by atoms with Crippen LogP contribution in [0, 0.1) is 6.92 Å². The Bertz CT molecular complexity index is 817. The number of carbonyl (C=O) groups is 2. The molecule has 0 spiro atoms. The molecule has 1 aliphatic rings. The lowest BCUT2D eigenvalue weighted by Crippen LogP contribution is -2.42. The second-order valence-corrected chi connectivity index (χ2v) is 6.72. The number of esters is 1. The van der Waals surface area contributed by atoms with Crippen molar-refractivity contribution in [1.82, 2.24) is 0 Å². The van der Waals surface area contributed by atoms with Crippen molar-refractivity contribution < 1.29 is 19.1 Å². The molecule has 0 saturated heterocycles. The van der Waals surface area contributed by atoms with Gasteiger partial charge >= 0.3 is 5.97 Å². The summed E-state index contributed by atoms with van der Waals surface area (Å²) in [6.07, 6.45) is 1.16. The van der Waals surface area contributed by atoms with Crippen LogP contribution in [0.15, 0.2) is 48.5 Å². The van der Waals surface area contributed by atoms with Gasteiger partial charge in [0.15, 0.2) is 6.10 Å². The Balaban J connectivity index is 1.51. The number of aryl methyl sites for hydroxylation is 2. The Morgan fingerprint density at radius 1 is 1.11 bits per heavy atom. The summed E-state index contributed by atoms with van der Waals surface area (Å²) >= 11 is 0. The van der Waals surface area contributed by atoms with E-state index in [9.17, 15) is 9.59 Å². The average Bonchev–Trinajstić information content (AvgIpc) is 2.68. The second kappa shape index (κ2) is 8.71. The number of hydrogen-bond donors (Lipinski definition) is 0. The van der Waals surface area contributed by atoms with Crippen molar-refractivity contribution in [3.8, 4) is 5.75 Å². The topological polar surface area (TPSA) is 55.8 Å². The molecular weight excluding hydrogens is 342 g/mol. The van der Waals surface area contributed by atoms with Gasteiger partial charge in [-0.05, 0) is 49.9 Å². The van der Waals surface area contributed by atoms with Crippen molar-refractivity contribution in [1.29, 1.82) is 0 Å². The average molecular weight is 367 g/mol. The highest BCUT2D eigenvalue weighted by Crippen LogP contribution is 2.27. The van der Waals surface area contributed by atoms with Gasteiger partial charge in [-0.1, -0.05) is 36.4 Å². The first-order chi connectivity index (χ1) is 13.1. The van der Waals surface area contributed by atoms with E-state index in [4.69, 9.17) is 9.47 Å². The molecule has 1 heterocycles. The molecule has 3 rings (SSSR count). The van der Waals surface area contributed by atoms with Gasteiger partial charge in [-0.15, -0.1) is 0 Å². The molecule has 142 valence electrons. The van der Waals surface area contributed by atoms with Gasteiger partial charge in [0.1, 0.15) is 5.75 Å². The maximum Gasteiger partial charge on any atom is 0.310 e. The van der Waals surface area contributed by atoms with E-state index in [0.29, 0.717) is 6.54 Å². The predicted molar refractivity (Wildman–Crippen MR) is 104 cm³/mol. The number of ether oxygens (including phenoxy) is 2. The monoisotopic (exact) mass is 367 g/mol. The normalized spacial score (nSPS) is 14.2. The molecule has 5 heteroatoms. The van der Waals surface area contributed by atoms with E-state index in [1.165, 1.54) is 0 Å². The predicted octanol–water partition coefficient (Wildman–Crippen LogP) is 3.68. The molecule has 0 fully saturated rings. The van der Waals surface area contributed by atoms with Gasteiger partial charge in [0, 0.05) is 12.2 Å². The molecular formula is C22H25NO4. The van der Waals surface area contributed by atoms with Crippen molar-refractivity contribution in [2.24, 2.45) is 0 Å². The molecule has 2 aromatic rings. The van der Waals surface area contributed by atoms with Gasteiger partial charge in [-0.25, -0.2) is 0 Å². The zero-order chi connectivity index (χ0) is 19.2. The Morgan fingerprint density at radius 2 is 1.85 bits per heavy atom. The zero-order valence-corrected chi connectivity index (χ0v) is 15.8. The number of amides is 1. The molecule has 27 heavy (non-hydrogen) atoms. The van der Waals surface area contributed by atoms with Crippen LogP contribution < -0.4 is 9.64 Å². The van der Waals surface area contributed by atoms with Crippen LogP contribution in [0.1, 0.15) is 30.9 Å².